The number of nitrogens with zero attached hydrogens (tertiary/aromatic N) is 1. The average Bonchev–Trinajstić information content (AvgIpc) is 2.69. The lowest BCUT2D eigenvalue weighted by molar-refractivity contribution is 0.0998. The fraction of sp³-hybridized carbons (Fsp3) is 0.680. The van der Waals surface area contributed by atoms with Crippen LogP contribution in [0, 0.1) is 11.3 Å². The van der Waals surface area contributed by atoms with Crippen molar-refractivity contribution in [2.24, 2.45) is 0 Å². The molecule has 1 aromatic rings. The Morgan fingerprint density at radius 1 is 0.893 bits per heavy atom. The van der Waals surface area contributed by atoms with Gasteiger partial charge in [0, 0.05) is 17.3 Å². The lowest BCUT2D eigenvalue weighted by Gasteiger charge is -2.15. The van der Waals surface area contributed by atoms with Gasteiger partial charge in [0.15, 0.2) is 5.78 Å². The first-order valence-corrected chi connectivity index (χ1v) is 11.4. The molecule has 0 saturated heterocycles. The molecule has 0 spiro atoms. The Balaban J connectivity index is 2.01. The van der Waals surface area contributed by atoms with Crippen LogP contribution >= 0.6 is 0 Å². The highest BCUT2D eigenvalue weighted by Crippen LogP contribution is 2.16. The maximum atomic E-state index is 11.7. The average molecular weight is 385 g/mol. The van der Waals surface area contributed by atoms with Crippen LogP contribution in [0.1, 0.15) is 114 Å². The Morgan fingerprint density at radius 2 is 1.39 bits per heavy atom. The van der Waals surface area contributed by atoms with Gasteiger partial charge in [0.2, 0.25) is 0 Å². The Bertz CT molecular complexity index is 559. The molecule has 0 radical (unpaired) electrons. The van der Waals surface area contributed by atoms with Crippen LogP contribution in [-0.2, 0) is 0 Å². The largest absolute Gasteiger partial charge is 0.383 e. The van der Waals surface area contributed by atoms with Crippen LogP contribution in [0.3, 0.4) is 0 Å². The van der Waals surface area contributed by atoms with Crippen LogP contribution in [0.4, 0.5) is 5.69 Å². The Kier molecular flexibility index (Phi) is 14.0. The van der Waals surface area contributed by atoms with E-state index in [1.165, 1.54) is 83.5 Å². The van der Waals surface area contributed by atoms with Gasteiger partial charge in [-0.05, 0) is 37.6 Å². The van der Waals surface area contributed by atoms with Gasteiger partial charge in [0.25, 0.3) is 0 Å². The van der Waals surface area contributed by atoms with E-state index in [2.05, 4.69) is 19.2 Å². The number of nitrogens with one attached hydrogen (secondary N) is 1. The number of hydrogen-bond acceptors (Lipinski definition) is 3. The predicted molar refractivity (Wildman–Crippen MR) is 120 cm³/mol. The van der Waals surface area contributed by atoms with E-state index in [0.29, 0.717) is 11.6 Å². The smallest absolute Gasteiger partial charge is 0.176 e. The highest BCUT2D eigenvalue weighted by Gasteiger charge is 2.06. The second-order valence-electron chi connectivity index (χ2n) is 8.06. The van der Waals surface area contributed by atoms with E-state index in [1.54, 1.807) is 12.1 Å². The molecule has 28 heavy (non-hydrogen) atoms. The predicted octanol–water partition coefficient (Wildman–Crippen LogP) is 7.67. The molecule has 0 aliphatic heterocycles. The zero-order valence-electron chi connectivity index (χ0n) is 18.1. The third kappa shape index (κ3) is 11.8. The van der Waals surface area contributed by atoms with Crippen LogP contribution in [0.2, 0.25) is 0 Å². The van der Waals surface area contributed by atoms with E-state index >= 15 is 0 Å². The van der Waals surface area contributed by atoms with Crippen LogP contribution < -0.4 is 5.32 Å². The second-order valence-corrected chi connectivity index (χ2v) is 8.06. The summed E-state index contributed by atoms with van der Waals surface area (Å²) < 4.78 is 0. The van der Waals surface area contributed by atoms with Crippen molar-refractivity contribution >= 4 is 11.5 Å². The summed E-state index contributed by atoms with van der Waals surface area (Å²) in [7, 11) is 0. The molecule has 0 amide bonds. The molecule has 0 bridgehead atoms. The highest BCUT2D eigenvalue weighted by atomic mass is 16.1. The summed E-state index contributed by atoms with van der Waals surface area (Å²) in [5.41, 5.74) is 1.65. The van der Waals surface area contributed by atoms with Crippen molar-refractivity contribution in [1.29, 1.82) is 5.26 Å². The lowest BCUT2D eigenvalue weighted by atomic mass is 10.0. The first kappa shape index (κ1) is 24.2. The van der Waals surface area contributed by atoms with Gasteiger partial charge >= 0.3 is 0 Å². The number of unbranched alkanes of at least 4 members (excludes halogenated alkanes) is 11. The van der Waals surface area contributed by atoms with Gasteiger partial charge in [-0.2, -0.15) is 5.26 Å². The summed E-state index contributed by atoms with van der Waals surface area (Å²) >= 11 is 0. The summed E-state index contributed by atoms with van der Waals surface area (Å²) in [6, 6.07) is 9.81. The quantitative estimate of drug-likeness (QED) is 0.221. The zero-order chi connectivity index (χ0) is 20.5. The van der Waals surface area contributed by atoms with Crippen molar-refractivity contribution < 1.29 is 4.79 Å². The number of carbonyl (C=O) groups is 1. The van der Waals surface area contributed by atoms with Crippen LogP contribution in [0.5, 0.6) is 0 Å². The minimum atomic E-state index is -0.112. The monoisotopic (exact) mass is 384 g/mol. The van der Waals surface area contributed by atoms with Gasteiger partial charge in [0.1, 0.15) is 0 Å². The van der Waals surface area contributed by atoms with Gasteiger partial charge < -0.3 is 5.32 Å². The maximum absolute atomic E-state index is 11.7. The van der Waals surface area contributed by atoms with Crippen molar-refractivity contribution in [3.63, 3.8) is 0 Å². The van der Waals surface area contributed by atoms with E-state index in [0.717, 1.165) is 5.69 Å². The molecule has 0 aliphatic rings. The van der Waals surface area contributed by atoms with Crippen molar-refractivity contribution in [2.45, 2.75) is 110 Å². The standard InChI is InChI=1S/C25H40N2O/c1-3-4-5-6-7-8-9-10-11-12-13-14-15-22(2)27-24-18-16-23(17-19-24)25(28)20-21-26/h16-19,22,27H,3-15,20H2,1-2H3. The van der Waals surface area contributed by atoms with Crippen LogP contribution in [-0.4, -0.2) is 11.8 Å². The van der Waals surface area contributed by atoms with Crippen LogP contribution in [0.15, 0.2) is 24.3 Å². The molecule has 0 heterocycles. The molecule has 3 nitrogen and oxygen atoms in total. The van der Waals surface area contributed by atoms with Gasteiger partial charge in [-0.25, -0.2) is 0 Å². The summed E-state index contributed by atoms with van der Waals surface area (Å²) in [4.78, 5) is 11.7. The number of rotatable bonds is 17. The van der Waals surface area contributed by atoms with Crippen molar-refractivity contribution in [1.82, 2.24) is 0 Å². The highest BCUT2D eigenvalue weighted by molar-refractivity contribution is 5.97. The first-order chi connectivity index (χ1) is 13.7. The topological polar surface area (TPSA) is 52.9 Å². The number of Topliss-reactive ketones (excluding diaryl/α,β-unsaturated/α-hetero) is 1. The molecule has 0 aliphatic carbocycles. The van der Waals surface area contributed by atoms with Gasteiger partial charge in [-0.3, -0.25) is 4.79 Å². The molecule has 1 rings (SSSR count). The number of nitriles is 1. The molecule has 0 aromatic heterocycles. The molecule has 0 fully saturated rings. The van der Waals surface area contributed by atoms with Gasteiger partial charge in [0.05, 0.1) is 12.5 Å². The van der Waals surface area contributed by atoms with E-state index in [4.69, 9.17) is 5.26 Å². The summed E-state index contributed by atoms with van der Waals surface area (Å²) in [6.07, 6.45) is 17.7. The molecule has 1 N–H and O–H groups in total. The molecule has 1 aromatic carbocycles. The fourth-order valence-electron chi connectivity index (χ4n) is 3.57. The van der Waals surface area contributed by atoms with Gasteiger partial charge in [-0.1, -0.05) is 84.0 Å². The third-order valence-corrected chi connectivity index (χ3v) is 5.35. The maximum Gasteiger partial charge on any atom is 0.176 e. The molecule has 1 unspecified atom stereocenters. The van der Waals surface area contributed by atoms with Crippen molar-refractivity contribution in [3.05, 3.63) is 29.8 Å². The lowest BCUT2D eigenvalue weighted by Crippen LogP contribution is -2.14. The fourth-order valence-corrected chi connectivity index (χ4v) is 3.57. The van der Waals surface area contributed by atoms with E-state index in [1.807, 2.05) is 18.2 Å². The number of hydrogen-bond donors (Lipinski definition) is 1. The number of ketones is 1. The van der Waals surface area contributed by atoms with Crippen molar-refractivity contribution in [3.8, 4) is 6.07 Å². The molecule has 3 heteroatoms. The molecular weight excluding hydrogens is 344 g/mol. The summed E-state index contributed by atoms with van der Waals surface area (Å²) in [6.45, 7) is 4.49. The van der Waals surface area contributed by atoms with E-state index < -0.39 is 0 Å². The Labute approximate surface area is 172 Å². The third-order valence-electron chi connectivity index (χ3n) is 5.35. The Hall–Kier alpha value is -1.82. The minimum absolute atomic E-state index is 0.0534. The molecule has 1 atom stereocenters. The van der Waals surface area contributed by atoms with E-state index in [-0.39, 0.29) is 12.2 Å². The summed E-state index contributed by atoms with van der Waals surface area (Å²) in [5.74, 6) is -0.112. The zero-order valence-corrected chi connectivity index (χ0v) is 18.1. The first-order valence-electron chi connectivity index (χ1n) is 11.4. The number of anilines is 1. The second kappa shape index (κ2) is 16.2. The summed E-state index contributed by atoms with van der Waals surface area (Å²) in [5, 5.41) is 12.1. The van der Waals surface area contributed by atoms with Gasteiger partial charge in [-0.15, -0.1) is 0 Å². The molecule has 0 saturated carbocycles. The molecular formula is C25H40N2O. The minimum Gasteiger partial charge on any atom is -0.383 e. The van der Waals surface area contributed by atoms with Crippen LogP contribution in [0.25, 0.3) is 0 Å². The molecule has 156 valence electrons. The van der Waals surface area contributed by atoms with Crippen molar-refractivity contribution in [2.75, 3.05) is 5.32 Å². The number of benzene rings is 1. The van der Waals surface area contributed by atoms with E-state index in [9.17, 15) is 4.79 Å². The number of carbonyl (C=O) groups excluding carboxylic acids is 1. The normalized spacial score (nSPS) is 11.8. The SMILES string of the molecule is CCCCCCCCCCCCCCC(C)Nc1ccc(C(=O)CC#N)cc1. The Morgan fingerprint density at radius 3 is 1.89 bits per heavy atom.